The largest absolute Gasteiger partial charge is 0.330 e. The summed E-state index contributed by atoms with van der Waals surface area (Å²) in [5.41, 5.74) is 6.20. The van der Waals surface area contributed by atoms with Crippen LogP contribution in [0.4, 0.5) is 0 Å². The van der Waals surface area contributed by atoms with Crippen molar-refractivity contribution in [3.8, 4) is 0 Å². The standard InChI is InChI=1S/C13H22ClN3O2S/c1-11(12-7-4-5-8-13(12)14)17(3)20(18,19)16(2)10-6-9-15/h4-5,7-8,11H,6,9-10,15H2,1-3H3. The third kappa shape index (κ3) is 3.93. The first-order valence-corrected chi connectivity index (χ1v) is 8.23. The van der Waals surface area contributed by atoms with Crippen LogP contribution in [-0.2, 0) is 10.2 Å². The molecule has 5 nitrogen and oxygen atoms in total. The molecule has 0 saturated heterocycles. The Balaban J connectivity index is 2.93. The molecule has 0 aliphatic heterocycles. The summed E-state index contributed by atoms with van der Waals surface area (Å²) in [5.74, 6) is 0. The lowest BCUT2D eigenvalue weighted by Gasteiger charge is -2.29. The van der Waals surface area contributed by atoms with Crippen LogP contribution in [0.2, 0.25) is 5.02 Å². The first kappa shape index (κ1) is 17.4. The Morgan fingerprint density at radius 3 is 2.45 bits per heavy atom. The van der Waals surface area contributed by atoms with Gasteiger partial charge in [-0.3, -0.25) is 0 Å². The average Bonchev–Trinajstić information content (AvgIpc) is 2.43. The number of rotatable bonds is 7. The summed E-state index contributed by atoms with van der Waals surface area (Å²) < 4.78 is 27.5. The van der Waals surface area contributed by atoms with Gasteiger partial charge in [0, 0.05) is 31.7 Å². The Bertz CT molecular complexity index is 536. The van der Waals surface area contributed by atoms with Gasteiger partial charge in [-0.05, 0) is 31.5 Å². The van der Waals surface area contributed by atoms with E-state index in [1.54, 1.807) is 20.2 Å². The van der Waals surface area contributed by atoms with Crippen molar-refractivity contribution in [2.75, 3.05) is 27.2 Å². The SMILES string of the molecule is CC(c1ccccc1Cl)N(C)S(=O)(=O)N(C)CCCN. The number of hydrogen-bond acceptors (Lipinski definition) is 3. The van der Waals surface area contributed by atoms with Crippen LogP contribution in [0.15, 0.2) is 24.3 Å². The zero-order chi connectivity index (χ0) is 15.3. The van der Waals surface area contributed by atoms with Gasteiger partial charge in [0.25, 0.3) is 10.2 Å². The van der Waals surface area contributed by atoms with E-state index in [0.717, 1.165) is 5.56 Å². The number of hydrogen-bond donors (Lipinski definition) is 1. The summed E-state index contributed by atoms with van der Waals surface area (Å²) in [6.45, 7) is 2.68. The molecule has 0 spiro atoms. The minimum Gasteiger partial charge on any atom is -0.330 e. The van der Waals surface area contributed by atoms with Crippen LogP contribution < -0.4 is 5.73 Å². The first-order chi connectivity index (χ1) is 9.32. The zero-order valence-corrected chi connectivity index (χ0v) is 13.7. The van der Waals surface area contributed by atoms with Crippen molar-refractivity contribution >= 4 is 21.8 Å². The predicted molar refractivity (Wildman–Crippen MR) is 82.9 cm³/mol. The minimum atomic E-state index is -3.52. The van der Waals surface area contributed by atoms with Crippen molar-refractivity contribution in [2.45, 2.75) is 19.4 Å². The molecule has 20 heavy (non-hydrogen) atoms. The third-order valence-corrected chi connectivity index (χ3v) is 5.69. The Morgan fingerprint density at radius 2 is 1.90 bits per heavy atom. The molecule has 1 unspecified atom stereocenters. The molecule has 0 heterocycles. The van der Waals surface area contributed by atoms with Gasteiger partial charge in [0.1, 0.15) is 0 Å². The minimum absolute atomic E-state index is 0.339. The Morgan fingerprint density at radius 1 is 1.30 bits per heavy atom. The fraction of sp³-hybridized carbons (Fsp3) is 0.538. The molecule has 0 aliphatic carbocycles. The van der Waals surface area contributed by atoms with Gasteiger partial charge in [0.2, 0.25) is 0 Å². The summed E-state index contributed by atoms with van der Waals surface area (Å²) in [6.07, 6.45) is 0.629. The van der Waals surface area contributed by atoms with E-state index in [-0.39, 0.29) is 6.04 Å². The van der Waals surface area contributed by atoms with E-state index in [1.165, 1.54) is 8.61 Å². The number of nitrogens with two attached hydrogens (primary N) is 1. The maximum Gasteiger partial charge on any atom is 0.282 e. The van der Waals surface area contributed by atoms with Crippen LogP contribution in [0.25, 0.3) is 0 Å². The summed E-state index contributed by atoms with van der Waals surface area (Å²) in [4.78, 5) is 0. The molecule has 2 N–H and O–H groups in total. The van der Waals surface area contributed by atoms with Crippen LogP contribution in [0, 0.1) is 0 Å². The van der Waals surface area contributed by atoms with E-state index in [9.17, 15) is 8.42 Å². The van der Waals surface area contributed by atoms with Gasteiger partial charge in [-0.2, -0.15) is 17.0 Å². The van der Waals surface area contributed by atoms with E-state index in [2.05, 4.69) is 0 Å². The van der Waals surface area contributed by atoms with E-state index in [0.29, 0.717) is 24.5 Å². The first-order valence-electron chi connectivity index (χ1n) is 6.46. The van der Waals surface area contributed by atoms with Crippen LogP contribution in [0.3, 0.4) is 0 Å². The lowest BCUT2D eigenvalue weighted by Crippen LogP contribution is -2.41. The van der Waals surface area contributed by atoms with Gasteiger partial charge in [0.15, 0.2) is 0 Å². The van der Waals surface area contributed by atoms with E-state index >= 15 is 0 Å². The molecule has 0 saturated carbocycles. The van der Waals surface area contributed by atoms with Gasteiger partial charge in [-0.1, -0.05) is 29.8 Å². The normalized spacial score (nSPS) is 13.9. The average molecular weight is 320 g/mol. The summed E-state index contributed by atoms with van der Waals surface area (Å²) >= 11 is 6.12. The fourth-order valence-corrected chi connectivity index (χ4v) is 3.47. The van der Waals surface area contributed by atoms with Crippen LogP contribution in [0.5, 0.6) is 0 Å². The molecule has 114 valence electrons. The van der Waals surface area contributed by atoms with Crippen molar-refractivity contribution in [3.63, 3.8) is 0 Å². The summed E-state index contributed by atoms with van der Waals surface area (Å²) in [5, 5.41) is 0.562. The highest BCUT2D eigenvalue weighted by molar-refractivity contribution is 7.86. The molecule has 0 radical (unpaired) electrons. The monoisotopic (exact) mass is 319 g/mol. The Labute approximate surface area is 126 Å². The van der Waals surface area contributed by atoms with E-state index < -0.39 is 10.2 Å². The van der Waals surface area contributed by atoms with Crippen molar-refractivity contribution in [2.24, 2.45) is 5.73 Å². The molecule has 1 atom stereocenters. The Kier molecular flexibility index (Phi) is 6.42. The Hall–Kier alpha value is -0.660. The van der Waals surface area contributed by atoms with Crippen LogP contribution in [-0.4, -0.2) is 44.2 Å². The molecule has 1 aromatic carbocycles. The van der Waals surface area contributed by atoms with Crippen molar-refractivity contribution in [1.82, 2.24) is 8.61 Å². The van der Waals surface area contributed by atoms with Crippen molar-refractivity contribution < 1.29 is 8.42 Å². The second kappa shape index (κ2) is 7.38. The second-order valence-corrected chi connectivity index (χ2v) is 7.19. The van der Waals surface area contributed by atoms with Crippen LogP contribution >= 0.6 is 11.6 Å². The molecule has 1 aromatic rings. The molecule has 0 aliphatic rings. The molecule has 0 amide bonds. The topological polar surface area (TPSA) is 66.6 Å². The van der Waals surface area contributed by atoms with Gasteiger partial charge in [-0.15, -0.1) is 0 Å². The summed E-state index contributed by atoms with van der Waals surface area (Å²) in [6, 6.07) is 6.91. The zero-order valence-electron chi connectivity index (χ0n) is 12.1. The summed E-state index contributed by atoms with van der Waals surface area (Å²) in [7, 11) is -0.409. The molecule has 1 rings (SSSR count). The highest BCUT2D eigenvalue weighted by atomic mass is 35.5. The predicted octanol–water partition coefficient (Wildman–Crippen LogP) is 1.86. The second-order valence-electron chi connectivity index (χ2n) is 4.69. The molecule has 0 bridgehead atoms. The maximum absolute atomic E-state index is 12.4. The lowest BCUT2D eigenvalue weighted by molar-refractivity contribution is 0.348. The van der Waals surface area contributed by atoms with Gasteiger partial charge in [0.05, 0.1) is 0 Å². The number of nitrogens with zero attached hydrogens (tertiary/aromatic N) is 2. The van der Waals surface area contributed by atoms with E-state index in [1.807, 2.05) is 25.1 Å². The highest BCUT2D eigenvalue weighted by Crippen LogP contribution is 2.28. The molecular formula is C13H22ClN3O2S. The lowest BCUT2D eigenvalue weighted by atomic mass is 10.1. The highest BCUT2D eigenvalue weighted by Gasteiger charge is 2.28. The molecular weight excluding hydrogens is 298 g/mol. The fourth-order valence-electron chi connectivity index (χ4n) is 1.86. The maximum atomic E-state index is 12.4. The number of halogens is 1. The third-order valence-electron chi connectivity index (χ3n) is 3.34. The van der Waals surface area contributed by atoms with E-state index in [4.69, 9.17) is 17.3 Å². The quantitative estimate of drug-likeness (QED) is 0.834. The molecule has 0 aromatic heterocycles. The van der Waals surface area contributed by atoms with Gasteiger partial charge < -0.3 is 5.73 Å². The van der Waals surface area contributed by atoms with Crippen LogP contribution in [0.1, 0.15) is 24.9 Å². The van der Waals surface area contributed by atoms with Crippen molar-refractivity contribution in [1.29, 1.82) is 0 Å². The molecule has 7 heteroatoms. The van der Waals surface area contributed by atoms with Gasteiger partial charge in [-0.25, -0.2) is 0 Å². The smallest absolute Gasteiger partial charge is 0.282 e. The van der Waals surface area contributed by atoms with Gasteiger partial charge >= 0.3 is 0 Å². The number of benzene rings is 1. The molecule has 0 fully saturated rings. The van der Waals surface area contributed by atoms with Crippen molar-refractivity contribution in [3.05, 3.63) is 34.9 Å².